The summed E-state index contributed by atoms with van der Waals surface area (Å²) < 4.78 is 64.4. The van der Waals surface area contributed by atoms with Gasteiger partial charge in [-0.1, -0.05) is 28.4 Å². The highest BCUT2D eigenvalue weighted by atomic mass is 32.3. The minimum Gasteiger partial charge on any atom is -0.462 e. The first-order valence-electron chi connectivity index (χ1n) is 8.31. The molecule has 1 aromatic carbocycles. The molecule has 0 aromatic heterocycles. The molecule has 150 valence electrons. The molecule has 5 nitrogen and oxygen atoms in total. The zero-order chi connectivity index (χ0) is 19.8. The average Bonchev–Trinajstić information content (AvgIpc) is 3.26. The van der Waals surface area contributed by atoms with E-state index in [0.29, 0.717) is 9.54 Å². The van der Waals surface area contributed by atoms with Gasteiger partial charge in [0, 0.05) is 13.1 Å². The maximum atomic E-state index is 14.6. The molecular weight excluding hydrogens is 388 g/mol. The first-order valence-corrected chi connectivity index (χ1v) is 10.4. The van der Waals surface area contributed by atoms with Crippen molar-refractivity contribution in [3.8, 4) is 0 Å². The third-order valence-corrected chi connectivity index (χ3v) is 6.84. The van der Waals surface area contributed by atoms with Crippen molar-refractivity contribution in [2.45, 2.75) is 25.8 Å². The van der Waals surface area contributed by atoms with Crippen LogP contribution in [0.5, 0.6) is 0 Å². The zero-order valence-corrected chi connectivity index (χ0v) is 15.6. The Morgan fingerprint density at radius 3 is 2.63 bits per heavy atom. The minimum absolute atomic E-state index is 0.0478. The number of carbonyl (C=O) groups is 1. The number of esters is 1. The standard InChI is InChI=1S/C17H20F4N2O3S/c1-3-25-16(24)15-11-27(15,2)23(21)22-8-13(9-22)26-10-12-6-4-5-7-14(12)17(18,19)20/h4-7,11,13H,3,8-10H2,1-2H3. The summed E-state index contributed by atoms with van der Waals surface area (Å²) in [5.74, 6) is -0.519. The second-order valence-corrected chi connectivity index (χ2v) is 9.18. The number of hydrogen-bond donors (Lipinski definition) is 0. The van der Waals surface area contributed by atoms with Gasteiger partial charge in [0.25, 0.3) is 0 Å². The van der Waals surface area contributed by atoms with Gasteiger partial charge in [0.05, 0.1) is 24.9 Å². The van der Waals surface area contributed by atoms with Crippen molar-refractivity contribution in [3.63, 3.8) is 0 Å². The molecule has 27 heavy (non-hydrogen) atoms. The normalized spacial score (nSPS) is 25.5. The van der Waals surface area contributed by atoms with E-state index >= 15 is 0 Å². The lowest BCUT2D eigenvalue weighted by Gasteiger charge is -2.44. The number of nitrogens with zero attached hydrogens (tertiary/aromatic N) is 2. The molecule has 1 atom stereocenters. The van der Waals surface area contributed by atoms with E-state index in [9.17, 15) is 22.4 Å². The topological polar surface area (TPSA) is 42.0 Å². The van der Waals surface area contributed by atoms with Crippen LogP contribution in [0.3, 0.4) is 0 Å². The fraction of sp³-hybridized carbons (Fsp3) is 0.471. The molecule has 0 radical (unpaired) electrons. The number of benzene rings is 1. The van der Waals surface area contributed by atoms with E-state index < -0.39 is 27.9 Å². The van der Waals surface area contributed by atoms with Crippen LogP contribution in [0, 0.1) is 0 Å². The van der Waals surface area contributed by atoms with Crippen LogP contribution in [0.15, 0.2) is 34.6 Å². The van der Waals surface area contributed by atoms with Gasteiger partial charge < -0.3 is 9.47 Å². The van der Waals surface area contributed by atoms with Gasteiger partial charge in [-0.25, -0.2) is 4.79 Å². The Kier molecular flexibility index (Phi) is 5.53. The van der Waals surface area contributed by atoms with Gasteiger partial charge in [0.15, 0.2) is 0 Å². The van der Waals surface area contributed by atoms with Crippen molar-refractivity contribution >= 4 is 16.2 Å². The highest BCUT2D eigenvalue weighted by molar-refractivity contribution is 8.42. The first kappa shape index (κ1) is 20.1. The summed E-state index contributed by atoms with van der Waals surface area (Å²) in [4.78, 5) is 12.0. The third kappa shape index (κ3) is 4.13. The highest BCUT2D eigenvalue weighted by Crippen LogP contribution is 2.71. The van der Waals surface area contributed by atoms with Crippen molar-refractivity contribution in [1.29, 1.82) is 0 Å². The monoisotopic (exact) mass is 408 g/mol. The maximum absolute atomic E-state index is 14.6. The van der Waals surface area contributed by atoms with Crippen LogP contribution in [-0.4, -0.2) is 47.7 Å². The molecule has 2 heterocycles. The molecule has 1 fully saturated rings. The summed E-state index contributed by atoms with van der Waals surface area (Å²) in [6.45, 7) is 2.11. The molecule has 0 saturated carbocycles. The molecule has 1 saturated heterocycles. The lowest BCUT2D eigenvalue weighted by Crippen LogP contribution is -2.56. The van der Waals surface area contributed by atoms with Gasteiger partial charge in [-0.05, 0) is 34.9 Å². The van der Waals surface area contributed by atoms with Crippen LogP contribution in [-0.2, 0) is 27.1 Å². The number of hydrazine groups is 1. The van der Waals surface area contributed by atoms with Crippen molar-refractivity contribution in [1.82, 2.24) is 9.65 Å². The summed E-state index contributed by atoms with van der Waals surface area (Å²) in [5, 5.41) is 2.93. The SMILES string of the molecule is CCOC(=O)C1=CS1(C)N(F)N1CC(OCc2ccccc2C(F)(F)F)C1. The van der Waals surface area contributed by atoms with Gasteiger partial charge >= 0.3 is 12.1 Å². The zero-order valence-electron chi connectivity index (χ0n) is 14.8. The van der Waals surface area contributed by atoms with Gasteiger partial charge in [0.2, 0.25) is 0 Å². The number of carbonyl (C=O) groups excluding carboxylic acids is 1. The second kappa shape index (κ2) is 7.42. The predicted molar refractivity (Wildman–Crippen MR) is 92.8 cm³/mol. The van der Waals surface area contributed by atoms with E-state index in [2.05, 4.69) is 0 Å². The Morgan fingerprint density at radius 2 is 2.00 bits per heavy atom. The van der Waals surface area contributed by atoms with Crippen LogP contribution in [0.1, 0.15) is 18.1 Å². The molecule has 0 aliphatic carbocycles. The quantitative estimate of drug-likeness (QED) is 0.390. The van der Waals surface area contributed by atoms with E-state index in [1.807, 2.05) is 0 Å². The third-order valence-electron chi connectivity index (χ3n) is 4.36. The summed E-state index contributed by atoms with van der Waals surface area (Å²) in [6.07, 6.45) is -3.19. The molecule has 1 unspecified atom stereocenters. The fourth-order valence-electron chi connectivity index (χ4n) is 2.75. The van der Waals surface area contributed by atoms with Crippen LogP contribution >= 0.6 is 10.2 Å². The first-order chi connectivity index (χ1) is 12.7. The molecule has 1 aromatic rings. The van der Waals surface area contributed by atoms with E-state index in [1.165, 1.54) is 23.2 Å². The van der Waals surface area contributed by atoms with Crippen molar-refractivity contribution < 1.29 is 31.9 Å². The number of alkyl halides is 3. The lowest BCUT2D eigenvalue weighted by molar-refractivity contribution is -0.185. The van der Waals surface area contributed by atoms with Crippen molar-refractivity contribution in [2.24, 2.45) is 0 Å². The summed E-state index contributed by atoms with van der Waals surface area (Å²) >= 11 is 0. The molecule has 10 heteroatoms. The molecule has 0 amide bonds. The molecule has 0 bridgehead atoms. The Bertz CT molecular complexity index is 752. The van der Waals surface area contributed by atoms with Crippen molar-refractivity contribution in [3.05, 3.63) is 45.7 Å². The van der Waals surface area contributed by atoms with Gasteiger partial charge in [-0.2, -0.15) is 18.2 Å². The highest BCUT2D eigenvalue weighted by Gasteiger charge is 2.51. The van der Waals surface area contributed by atoms with Crippen LogP contribution in [0.2, 0.25) is 0 Å². The largest absolute Gasteiger partial charge is 0.462 e. The Morgan fingerprint density at radius 1 is 1.33 bits per heavy atom. The van der Waals surface area contributed by atoms with Crippen LogP contribution in [0.25, 0.3) is 0 Å². The molecule has 3 rings (SSSR count). The molecular formula is C17H20F4N2O3S. The van der Waals surface area contributed by atoms with Gasteiger partial charge in [0.1, 0.15) is 4.91 Å². The lowest BCUT2D eigenvalue weighted by atomic mass is 10.1. The minimum atomic E-state index is -4.44. The van der Waals surface area contributed by atoms with Crippen LogP contribution in [0.4, 0.5) is 17.7 Å². The average molecular weight is 408 g/mol. The number of hydrogen-bond acceptors (Lipinski definition) is 5. The number of halogens is 4. The maximum Gasteiger partial charge on any atom is 0.416 e. The summed E-state index contributed by atoms with van der Waals surface area (Å²) in [5.41, 5.74) is -0.682. The summed E-state index contributed by atoms with van der Waals surface area (Å²) in [7, 11) is -2.09. The molecule has 2 aliphatic heterocycles. The molecule has 2 aliphatic rings. The van der Waals surface area contributed by atoms with Crippen molar-refractivity contribution in [2.75, 3.05) is 26.0 Å². The predicted octanol–water partition coefficient (Wildman–Crippen LogP) is 3.78. The Hall–Kier alpha value is -1.62. The van der Waals surface area contributed by atoms with Gasteiger partial charge in [-0.15, -0.1) is 4.48 Å². The van der Waals surface area contributed by atoms with Gasteiger partial charge in [-0.3, -0.25) is 0 Å². The molecule has 0 N–H and O–H groups in total. The molecule has 0 spiro atoms. The smallest absolute Gasteiger partial charge is 0.416 e. The Balaban J connectivity index is 1.48. The Labute approximate surface area is 155 Å². The summed E-state index contributed by atoms with van der Waals surface area (Å²) in [6, 6.07) is 5.22. The van der Waals surface area contributed by atoms with E-state index in [4.69, 9.17) is 9.47 Å². The van der Waals surface area contributed by atoms with Crippen LogP contribution < -0.4 is 0 Å². The second-order valence-electron chi connectivity index (χ2n) is 6.33. The number of ether oxygens (including phenoxy) is 2. The van der Waals surface area contributed by atoms with E-state index in [-0.39, 0.29) is 38.0 Å². The number of rotatable bonds is 7. The fourth-order valence-corrected chi connectivity index (χ4v) is 4.89. The van der Waals surface area contributed by atoms with E-state index in [1.54, 1.807) is 18.6 Å². The van der Waals surface area contributed by atoms with E-state index in [0.717, 1.165) is 6.07 Å².